The Hall–Kier alpha value is -3.85. The SMILES string of the molecule is CCCc1ccc(C(COC(=O)OCC(c2ccccc2)c2ccc(CCC)cc2)c2ccccc2)cc1. The summed E-state index contributed by atoms with van der Waals surface area (Å²) in [4.78, 5) is 12.8. The summed E-state index contributed by atoms with van der Waals surface area (Å²) in [5.41, 5.74) is 7.10. The molecule has 0 spiro atoms. The Kier molecular flexibility index (Phi) is 10.1. The van der Waals surface area contributed by atoms with Crippen molar-refractivity contribution in [3.63, 3.8) is 0 Å². The van der Waals surface area contributed by atoms with Crippen LogP contribution < -0.4 is 0 Å². The summed E-state index contributed by atoms with van der Waals surface area (Å²) in [6, 6.07) is 37.6. The summed E-state index contributed by atoms with van der Waals surface area (Å²) in [5, 5.41) is 0. The van der Waals surface area contributed by atoms with Crippen molar-refractivity contribution in [1.82, 2.24) is 0 Å². The fourth-order valence-electron chi connectivity index (χ4n) is 4.90. The van der Waals surface area contributed by atoms with E-state index >= 15 is 0 Å². The normalized spacial score (nSPS) is 12.5. The molecule has 38 heavy (non-hydrogen) atoms. The zero-order chi connectivity index (χ0) is 26.6. The van der Waals surface area contributed by atoms with Crippen molar-refractivity contribution < 1.29 is 14.3 Å². The lowest BCUT2D eigenvalue weighted by atomic mass is 9.91. The van der Waals surface area contributed by atoms with Crippen LogP contribution in [0.15, 0.2) is 109 Å². The van der Waals surface area contributed by atoms with E-state index in [1.165, 1.54) is 11.1 Å². The van der Waals surface area contributed by atoms with Gasteiger partial charge in [0.25, 0.3) is 0 Å². The van der Waals surface area contributed by atoms with Gasteiger partial charge in [0.05, 0.1) is 0 Å². The molecule has 0 heterocycles. The van der Waals surface area contributed by atoms with Crippen LogP contribution in [0.3, 0.4) is 0 Å². The van der Waals surface area contributed by atoms with Gasteiger partial charge in [-0.25, -0.2) is 4.79 Å². The summed E-state index contributed by atoms with van der Waals surface area (Å²) in [7, 11) is 0. The minimum Gasteiger partial charge on any atom is -0.433 e. The van der Waals surface area contributed by atoms with Crippen LogP contribution in [0.25, 0.3) is 0 Å². The smallest absolute Gasteiger partial charge is 0.433 e. The van der Waals surface area contributed by atoms with Gasteiger partial charge in [-0.05, 0) is 46.2 Å². The highest BCUT2D eigenvalue weighted by Crippen LogP contribution is 2.28. The molecule has 2 unspecified atom stereocenters. The van der Waals surface area contributed by atoms with Crippen molar-refractivity contribution in [2.75, 3.05) is 13.2 Å². The molecule has 3 nitrogen and oxygen atoms in total. The molecule has 0 bridgehead atoms. The Bertz CT molecular complexity index is 1130. The number of rotatable bonds is 12. The first-order chi connectivity index (χ1) is 18.7. The molecule has 0 aromatic heterocycles. The van der Waals surface area contributed by atoms with Gasteiger partial charge in [0.1, 0.15) is 13.2 Å². The van der Waals surface area contributed by atoms with Gasteiger partial charge in [-0.3, -0.25) is 0 Å². The van der Waals surface area contributed by atoms with E-state index in [1.807, 2.05) is 36.4 Å². The van der Waals surface area contributed by atoms with E-state index < -0.39 is 6.16 Å². The van der Waals surface area contributed by atoms with Crippen LogP contribution in [-0.2, 0) is 22.3 Å². The van der Waals surface area contributed by atoms with E-state index in [0.29, 0.717) is 0 Å². The topological polar surface area (TPSA) is 35.5 Å². The monoisotopic (exact) mass is 506 g/mol. The van der Waals surface area contributed by atoms with Gasteiger partial charge in [-0.2, -0.15) is 0 Å². The predicted octanol–water partition coefficient (Wildman–Crippen LogP) is 8.71. The third-order valence-corrected chi connectivity index (χ3v) is 6.98. The Morgan fingerprint density at radius 3 is 1.21 bits per heavy atom. The summed E-state index contributed by atoms with van der Waals surface area (Å²) in [5.74, 6) is -0.120. The predicted molar refractivity (Wildman–Crippen MR) is 155 cm³/mol. The Morgan fingerprint density at radius 1 is 0.526 bits per heavy atom. The molecule has 0 aliphatic carbocycles. The lowest BCUT2D eigenvalue weighted by molar-refractivity contribution is 0.0511. The highest BCUT2D eigenvalue weighted by atomic mass is 16.7. The largest absolute Gasteiger partial charge is 0.508 e. The van der Waals surface area contributed by atoms with Crippen LogP contribution in [0.1, 0.15) is 71.9 Å². The van der Waals surface area contributed by atoms with Crippen LogP contribution in [0.4, 0.5) is 4.79 Å². The van der Waals surface area contributed by atoms with E-state index in [-0.39, 0.29) is 25.0 Å². The van der Waals surface area contributed by atoms with E-state index in [2.05, 4.69) is 86.6 Å². The van der Waals surface area contributed by atoms with Gasteiger partial charge >= 0.3 is 6.16 Å². The van der Waals surface area contributed by atoms with Crippen LogP contribution in [0, 0.1) is 0 Å². The van der Waals surface area contributed by atoms with Crippen molar-refractivity contribution in [2.45, 2.75) is 51.4 Å². The lowest BCUT2D eigenvalue weighted by Crippen LogP contribution is -2.18. The highest BCUT2D eigenvalue weighted by molar-refractivity contribution is 5.60. The number of carbonyl (C=O) groups excluding carboxylic acids is 1. The van der Waals surface area contributed by atoms with E-state index in [9.17, 15) is 4.79 Å². The molecular formula is C35H38O3. The van der Waals surface area contributed by atoms with Crippen molar-refractivity contribution >= 4 is 6.16 Å². The molecule has 196 valence electrons. The molecule has 2 atom stereocenters. The third kappa shape index (κ3) is 7.58. The van der Waals surface area contributed by atoms with Crippen LogP contribution in [-0.4, -0.2) is 19.4 Å². The zero-order valence-electron chi connectivity index (χ0n) is 22.5. The van der Waals surface area contributed by atoms with E-state index in [0.717, 1.165) is 47.9 Å². The summed E-state index contributed by atoms with van der Waals surface area (Å²) in [6.07, 6.45) is 3.70. The van der Waals surface area contributed by atoms with Crippen LogP contribution >= 0.6 is 0 Å². The molecule has 0 saturated heterocycles. The van der Waals surface area contributed by atoms with Crippen molar-refractivity contribution in [3.8, 4) is 0 Å². The molecule has 0 N–H and O–H groups in total. The van der Waals surface area contributed by atoms with Gasteiger partial charge in [0.2, 0.25) is 0 Å². The molecule has 0 amide bonds. The van der Waals surface area contributed by atoms with E-state index in [1.54, 1.807) is 0 Å². The second-order valence-electron chi connectivity index (χ2n) is 9.78. The Morgan fingerprint density at radius 2 is 0.868 bits per heavy atom. The second kappa shape index (κ2) is 14.2. The minimum absolute atomic E-state index is 0.0598. The first-order valence-electron chi connectivity index (χ1n) is 13.7. The number of ether oxygens (including phenoxy) is 2. The van der Waals surface area contributed by atoms with Crippen molar-refractivity contribution in [3.05, 3.63) is 143 Å². The lowest BCUT2D eigenvalue weighted by Gasteiger charge is -2.20. The maximum absolute atomic E-state index is 12.8. The van der Waals surface area contributed by atoms with Crippen molar-refractivity contribution in [2.24, 2.45) is 0 Å². The molecule has 4 aromatic carbocycles. The molecular weight excluding hydrogens is 468 g/mol. The van der Waals surface area contributed by atoms with Gasteiger partial charge in [0.15, 0.2) is 0 Å². The van der Waals surface area contributed by atoms with Crippen molar-refractivity contribution in [1.29, 1.82) is 0 Å². The Labute approximate surface area is 227 Å². The van der Waals surface area contributed by atoms with Gasteiger partial charge in [-0.1, -0.05) is 136 Å². The quantitative estimate of drug-likeness (QED) is 0.180. The third-order valence-electron chi connectivity index (χ3n) is 6.98. The fourth-order valence-corrected chi connectivity index (χ4v) is 4.90. The molecule has 0 saturated carbocycles. The average molecular weight is 507 g/mol. The molecule has 0 aliphatic rings. The van der Waals surface area contributed by atoms with E-state index in [4.69, 9.17) is 9.47 Å². The summed E-state index contributed by atoms with van der Waals surface area (Å²) >= 11 is 0. The molecule has 4 rings (SSSR count). The number of hydrogen-bond acceptors (Lipinski definition) is 3. The molecule has 0 fully saturated rings. The molecule has 3 heteroatoms. The molecule has 4 aromatic rings. The second-order valence-corrected chi connectivity index (χ2v) is 9.78. The van der Waals surface area contributed by atoms with Crippen LogP contribution in [0.5, 0.6) is 0 Å². The number of aryl methyl sites for hydroxylation is 2. The number of benzene rings is 4. The van der Waals surface area contributed by atoms with Gasteiger partial charge in [-0.15, -0.1) is 0 Å². The fraction of sp³-hybridized carbons (Fsp3) is 0.286. The first kappa shape index (κ1) is 27.2. The number of hydrogen-bond donors (Lipinski definition) is 0. The minimum atomic E-state index is -0.642. The summed E-state index contributed by atoms with van der Waals surface area (Å²) in [6.45, 7) is 4.81. The number of carbonyl (C=O) groups is 1. The van der Waals surface area contributed by atoms with Gasteiger partial charge in [0, 0.05) is 11.8 Å². The van der Waals surface area contributed by atoms with Crippen LogP contribution in [0.2, 0.25) is 0 Å². The molecule has 0 radical (unpaired) electrons. The highest BCUT2D eigenvalue weighted by Gasteiger charge is 2.20. The summed E-state index contributed by atoms with van der Waals surface area (Å²) < 4.78 is 11.4. The average Bonchev–Trinajstić information content (AvgIpc) is 2.96. The zero-order valence-corrected chi connectivity index (χ0v) is 22.5. The maximum atomic E-state index is 12.8. The Balaban J connectivity index is 1.44. The first-order valence-corrected chi connectivity index (χ1v) is 13.7. The standard InChI is InChI=1S/C35H38O3/c1-3-11-27-17-21-31(22-18-27)33(29-13-7-5-8-14-29)25-37-35(36)38-26-34(30-15-9-6-10-16-30)32-23-19-28(12-4-2)20-24-32/h5-10,13-24,33-34H,3-4,11-12,25-26H2,1-2H3. The van der Waals surface area contributed by atoms with Gasteiger partial charge < -0.3 is 9.47 Å². The molecule has 0 aliphatic heterocycles. The maximum Gasteiger partial charge on any atom is 0.508 e.